The first-order valence-corrected chi connectivity index (χ1v) is 3.40. The number of aromatic hydroxyl groups is 1. The highest BCUT2D eigenvalue weighted by Gasteiger charge is 2.18. The maximum absolute atomic E-state index is 12.6. The van der Waals surface area contributed by atoms with Gasteiger partial charge in [-0.3, -0.25) is 0 Å². The molecule has 13 heavy (non-hydrogen) atoms. The fraction of sp³-hybridized carbons (Fsp3) is 0.250. The number of hydrogen-bond donors (Lipinski definition) is 1. The molecule has 0 aliphatic rings. The molecule has 0 unspecified atom stereocenters. The zero-order valence-corrected chi connectivity index (χ0v) is 6.72. The van der Waals surface area contributed by atoms with E-state index >= 15 is 0 Å². The highest BCUT2D eigenvalue weighted by molar-refractivity contribution is 5.46. The number of phenols is 1. The molecule has 5 heteroatoms. The molecule has 0 aliphatic carbocycles. The lowest BCUT2D eigenvalue weighted by Crippen LogP contribution is -1.94. The van der Waals surface area contributed by atoms with Crippen molar-refractivity contribution in [3.63, 3.8) is 0 Å². The lowest BCUT2D eigenvalue weighted by atomic mass is 10.2. The van der Waals surface area contributed by atoms with Crippen LogP contribution in [0.4, 0.5) is 13.2 Å². The van der Waals surface area contributed by atoms with Crippen LogP contribution >= 0.6 is 0 Å². The van der Waals surface area contributed by atoms with E-state index in [0.717, 1.165) is 7.11 Å². The second-order valence-corrected chi connectivity index (χ2v) is 2.35. The zero-order chi connectivity index (χ0) is 10.0. The Bertz CT molecular complexity index is 313. The molecule has 0 radical (unpaired) electrons. The van der Waals surface area contributed by atoms with Crippen LogP contribution in [0.3, 0.4) is 0 Å². The number of benzene rings is 1. The fourth-order valence-electron chi connectivity index (χ4n) is 0.984. The van der Waals surface area contributed by atoms with E-state index in [4.69, 9.17) is 5.11 Å². The second kappa shape index (κ2) is 3.55. The predicted octanol–water partition coefficient (Wildman–Crippen LogP) is 2.48. The van der Waals surface area contributed by atoms with Crippen LogP contribution < -0.4 is 4.74 Å². The number of halogens is 3. The van der Waals surface area contributed by atoms with Crippen LogP contribution in [0, 0.1) is 5.82 Å². The Balaban J connectivity index is 3.29. The van der Waals surface area contributed by atoms with E-state index in [2.05, 4.69) is 4.74 Å². The molecule has 0 aliphatic heterocycles. The minimum atomic E-state index is -2.88. The maximum atomic E-state index is 12.6. The summed E-state index contributed by atoms with van der Waals surface area (Å²) in [6, 6.07) is 1.34. The first-order valence-electron chi connectivity index (χ1n) is 3.40. The van der Waals surface area contributed by atoms with E-state index < -0.39 is 29.3 Å². The first-order chi connectivity index (χ1) is 6.06. The SMILES string of the molecule is COc1c(O)cc(F)cc1C(F)F. The van der Waals surface area contributed by atoms with Gasteiger partial charge < -0.3 is 9.84 Å². The van der Waals surface area contributed by atoms with Gasteiger partial charge in [0.1, 0.15) is 5.82 Å². The third-order valence-electron chi connectivity index (χ3n) is 1.50. The molecule has 1 aromatic carbocycles. The third-order valence-corrected chi connectivity index (χ3v) is 1.50. The lowest BCUT2D eigenvalue weighted by molar-refractivity contribution is 0.145. The maximum Gasteiger partial charge on any atom is 0.267 e. The quantitative estimate of drug-likeness (QED) is 0.779. The van der Waals surface area contributed by atoms with Gasteiger partial charge in [0.15, 0.2) is 11.5 Å². The summed E-state index contributed by atoms with van der Waals surface area (Å²) in [5.74, 6) is -1.94. The summed E-state index contributed by atoms with van der Waals surface area (Å²) in [4.78, 5) is 0. The Hall–Kier alpha value is -1.39. The standard InChI is InChI=1S/C8H7F3O2/c1-13-7-5(8(10)11)2-4(9)3-6(7)12/h2-3,8,12H,1H3. The number of methoxy groups -OCH3 is 1. The van der Waals surface area contributed by atoms with E-state index in [1.807, 2.05) is 0 Å². The number of hydrogen-bond acceptors (Lipinski definition) is 2. The Morgan fingerprint density at radius 2 is 2.00 bits per heavy atom. The van der Waals surface area contributed by atoms with Crippen molar-refractivity contribution in [3.05, 3.63) is 23.5 Å². The van der Waals surface area contributed by atoms with Gasteiger partial charge in [0.2, 0.25) is 0 Å². The molecule has 1 N–H and O–H groups in total. The summed E-state index contributed by atoms with van der Waals surface area (Å²) in [5.41, 5.74) is -0.653. The van der Waals surface area contributed by atoms with Crippen molar-refractivity contribution in [1.29, 1.82) is 0 Å². The average molecular weight is 192 g/mol. The van der Waals surface area contributed by atoms with Crippen molar-refractivity contribution in [2.45, 2.75) is 6.43 Å². The molecule has 0 atom stereocenters. The Morgan fingerprint density at radius 1 is 1.38 bits per heavy atom. The van der Waals surface area contributed by atoms with Crippen molar-refractivity contribution in [1.82, 2.24) is 0 Å². The van der Waals surface area contributed by atoms with Crippen LogP contribution in [0.15, 0.2) is 12.1 Å². The number of rotatable bonds is 2. The monoisotopic (exact) mass is 192 g/mol. The third kappa shape index (κ3) is 1.85. The minimum Gasteiger partial charge on any atom is -0.504 e. The number of alkyl halides is 2. The van der Waals surface area contributed by atoms with Gasteiger partial charge >= 0.3 is 0 Å². The van der Waals surface area contributed by atoms with Gasteiger partial charge in [-0.2, -0.15) is 0 Å². The minimum absolute atomic E-state index is 0.392. The van der Waals surface area contributed by atoms with Crippen LogP contribution in [0.1, 0.15) is 12.0 Å². The molecule has 1 rings (SSSR count). The van der Waals surface area contributed by atoms with Crippen molar-refractivity contribution in [2.24, 2.45) is 0 Å². The largest absolute Gasteiger partial charge is 0.504 e. The molecule has 2 nitrogen and oxygen atoms in total. The highest BCUT2D eigenvalue weighted by atomic mass is 19.3. The van der Waals surface area contributed by atoms with E-state index in [9.17, 15) is 13.2 Å². The van der Waals surface area contributed by atoms with E-state index in [-0.39, 0.29) is 0 Å². The van der Waals surface area contributed by atoms with Crippen LogP contribution in [0.5, 0.6) is 11.5 Å². The molecule has 0 saturated carbocycles. The van der Waals surface area contributed by atoms with Crippen molar-refractivity contribution in [3.8, 4) is 11.5 Å². The fourth-order valence-corrected chi connectivity index (χ4v) is 0.984. The molecule has 0 heterocycles. The highest BCUT2D eigenvalue weighted by Crippen LogP contribution is 2.36. The molecule has 0 fully saturated rings. The second-order valence-electron chi connectivity index (χ2n) is 2.35. The summed E-state index contributed by atoms with van der Waals surface area (Å²) in [6.07, 6.45) is -2.88. The van der Waals surface area contributed by atoms with Crippen molar-refractivity contribution in [2.75, 3.05) is 7.11 Å². The topological polar surface area (TPSA) is 29.5 Å². The van der Waals surface area contributed by atoms with Gasteiger partial charge in [0.25, 0.3) is 6.43 Å². The molecule has 0 amide bonds. The molecular formula is C8H7F3O2. The lowest BCUT2D eigenvalue weighted by Gasteiger charge is -2.09. The summed E-state index contributed by atoms with van der Waals surface area (Å²) in [5, 5.41) is 9.02. The van der Waals surface area contributed by atoms with E-state index in [1.54, 1.807) is 0 Å². The Morgan fingerprint density at radius 3 is 2.46 bits per heavy atom. The predicted molar refractivity (Wildman–Crippen MR) is 39.6 cm³/mol. The molecule has 0 aromatic heterocycles. The molecule has 0 spiro atoms. The average Bonchev–Trinajstić information content (AvgIpc) is 2.02. The van der Waals surface area contributed by atoms with Gasteiger partial charge in [0, 0.05) is 6.07 Å². The van der Waals surface area contributed by atoms with Crippen LogP contribution in [0.25, 0.3) is 0 Å². The van der Waals surface area contributed by atoms with Crippen LogP contribution in [-0.4, -0.2) is 12.2 Å². The van der Waals surface area contributed by atoms with E-state index in [0.29, 0.717) is 12.1 Å². The molecular weight excluding hydrogens is 185 g/mol. The molecule has 1 aromatic rings. The molecule has 72 valence electrons. The zero-order valence-electron chi connectivity index (χ0n) is 6.72. The van der Waals surface area contributed by atoms with E-state index in [1.165, 1.54) is 0 Å². The summed E-state index contributed by atoms with van der Waals surface area (Å²) in [7, 11) is 1.12. The van der Waals surface area contributed by atoms with Gasteiger partial charge in [-0.15, -0.1) is 0 Å². The Kier molecular flexibility index (Phi) is 2.65. The van der Waals surface area contributed by atoms with Crippen molar-refractivity contribution < 1.29 is 23.0 Å². The van der Waals surface area contributed by atoms with Gasteiger partial charge in [-0.25, -0.2) is 13.2 Å². The van der Waals surface area contributed by atoms with Crippen LogP contribution in [-0.2, 0) is 0 Å². The normalized spacial score (nSPS) is 10.5. The van der Waals surface area contributed by atoms with Gasteiger partial charge in [-0.1, -0.05) is 0 Å². The summed E-state index contributed by atoms with van der Waals surface area (Å²) < 4.78 is 41.5. The van der Waals surface area contributed by atoms with Crippen LogP contribution in [0.2, 0.25) is 0 Å². The van der Waals surface area contributed by atoms with Crippen molar-refractivity contribution >= 4 is 0 Å². The first kappa shape index (κ1) is 9.70. The molecule has 0 saturated heterocycles. The molecule has 0 bridgehead atoms. The number of phenolic OH excluding ortho intramolecular Hbond substituents is 1. The Labute approximate surface area is 72.6 Å². The summed E-state index contributed by atoms with van der Waals surface area (Å²) in [6.45, 7) is 0. The summed E-state index contributed by atoms with van der Waals surface area (Å²) >= 11 is 0. The van der Waals surface area contributed by atoms with Gasteiger partial charge in [-0.05, 0) is 6.07 Å². The number of ether oxygens (including phenoxy) is 1. The van der Waals surface area contributed by atoms with Gasteiger partial charge in [0.05, 0.1) is 12.7 Å². The smallest absolute Gasteiger partial charge is 0.267 e.